The van der Waals surface area contributed by atoms with Crippen LogP contribution in [0.1, 0.15) is 42.7 Å². The number of aryl methyl sites for hydroxylation is 4. The molecule has 2 heteroatoms. The maximum absolute atomic E-state index is 3.55. The van der Waals surface area contributed by atoms with Gasteiger partial charge in [-0.3, -0.25) is 0 Å². The first kappa shape index (κ1) is 14.1. The number of hydrogen-bond donors (Lipinski definition) is 2. The zero-order valence-electron chi connectivity index (χ0n) is 12.9. The van der Waals surface area contributed by atoms with Crippen LogP contribution in [0.5, 0.6) is 0 Å². The second-order valence-corrected chi connectivity index (χ2v) is 5.95. The van der Waals surface area contributed by atoms with E-state index in [0.29, 0.717) is 6.04 Å². The van der Waals surface area contributed by atoms with Crippen molar-refractivity contribution >= 4 is 10.9 Å². The molecule has 0 aliphatic carbocycles. The summed E-state index contributed by atoms with van der Waals surface area (Å²) >= 11 is 0. The van der Waals surface area contributed by atoms with Crippen LogP contribution < -0.4 is 5.32 Å². The van der Waals surface area contributed by atoms with E-state index in [-0.39, 0.29) is 0 Å². The van der Waals surface area contributed by atoms with Gasteiger partial charge >= 0.3 is 0 Å². The molecule has 2 aromatic rings. The van der Waals surface area contributed by atoms with Gasteiger partial charge in [-0.2, -0.15) is 0 Å². The lowest BCUT2D eigenvalue weighted by molar-refractivity contribution is 0.570. The van der Waals surface area contributed by atoms with Crippen LogP contribution >= 0.6 is 0 Å². The highest BCUT2D eigenvalue weighted by molar-refractivity contribution is 5.87. The van der Waals surface area contributed by atoms with Gasteiger partial charge in [0.25, 0.3) is 0 Å². The van der Waals surface area contributed by atoms with Crippen LogP contribution in [0.15, 0.2) is 12.1 Å². The molecule has 0 saturated carbocycles. The lowest BCUT2D eigenvalue weighted by atomic mass is 10.0. The van der Waals surface area contributed by atoms with E-state index in [9.17, 15) is 0 Å². The summed E-state index contributed by atoms with van der Waals surface area (Å²) in [5, 5.41) is 4.90. The summed E-state index contributed by atoms with van der Waals surface area (Å²) < 4.78 is 0. The summed E-state index contributed by atoms with van der Waals surface area (Å²) in [6, 6.07) is 5.15. The van der Waals surface area contributed by atoms with Gasteiger partial charge < -0.3 is 10.3 Å². The van der Waals surface area contributed by atoms with Gasteiger partial charge in [0, 0.05) is 22.6 Å². The van der Waals surface area contributed by atoms with E-state index in [1.807, 2.05) is 0 Å². The second-order valence-electron chi connectivity index (χ2n) is 5.95. The summed E-state index contributed by atoms with van der Waals surface area (Å²) in [4.78, 5) is 3.55. The Labute approximate surface area is 116 Å². The second kappa shape index (κ2) is 5.79. The van der Waals surface area contributed by atoms with Crippen molar-refractivity contribution in [1.29, 1.82) is 0 Å². The Morgan fingerprint density at radius 2 is 1.89 bits per heavy atom. The van der Waals surface area contributed by atoms with Crippen LogP contribution in [-0.2, 0) is 6.42 Å². The maximum Gasteiger partial charge on any atom is 0.0488 e. The highest BCUT2D eigenvalue weighted by Gasteiger charge is 2.10. The van der Waals surface area contributed by atoms with Gasteiger partial charge in [0.05, 0.1) is 0 Å². The standard InChI is InChI=1S/C17H26N2/c1-11(2)18-8-6-7-15-14(5)19-17-13(4)9-12(3)10-16(15)17/h9-11,18-19H,6-8H2,1-5H3. The van der Waals surface area contributed by atoms with E-state index in [0.717, 1.165) is 13.0 Å². The zero-order valence-corrected chi connectivity index (χ0v) is 12.9. The lowest BCUT2D eigenvalue weighted by Crippen LogP contribution is -2.23. The highest BCUT2D eigenvalue weighted by Crippen LogP contribution is 2.27. The topological polar surface area (TPSA) is 27.8 Å². The van der Waals surface area contributed by atoms with E-state index in [1.54, 1.807) is 0 Å². The molecule has 0 aliphatic rings. The molecule has 2 rings (SSSR count). The smallest absolute Gasteiger partial charge is 0.0488 e. The molecule has 19 heavy (non-hydrogen) atoms. The molecular weight excluding hydrogens is 232 g/mol. The molecule has 1 aromatic heterocycles. The maximum atomic E-state index is 3.55. The van der Waals surface area contributed by atoms with E-state index in [1.165, 1.54) is 39.7 Å². The quantitative estimate of drug-likeness (QED) is 0.779. The monoisotopic (exact) mass is 258 g/mol. The van der Waals surface area contributed by atoms with Crippen molar-refractivity contribution in [2.75, 3.05) is 6.54 Å². The van der Waals surface area contributed by atoms with E-state index in [2.05, 4.69) is 57.1 Å². The molecule has 0 fully saturated rings. The van der Waals surface area contributed by atoms with Crippen LogP contribution in [0.4, 0.5) is 0 Å². The molecule has 0 radical (unpaired) electrons. The fraction of sp³-hybridized carbons (Fsp3) is 0.529. The van der Waals surface area contributed by atoms with Crippen molar-refractivity contribution in [3.63, 3.8) is 0 Å². The molecule has 0 amide bonds. The molecule has 2 N–H and O–H groups in total. The normalized spacial score (nSPS) is 11.7. The third-order valence-corrected chi connectivity index (χ3v) is 3.73. The van der Waals surface area contributed by atoms with Crippen molar-refractivity contribution in [2.24, 2.45) is 0 Å². The number of aromatic amines is 1. The van der Waals surface area contributed by atoms with Crippen molar-refractivity contribution in [2.45, 2.75) is 53.5 Å². The van der Waals surface area contributed by atoms with Gasteiger partial charge in [0.1, 0.15) is 0 Å². The van der Waals surface area contributed by atoms with E-state index in [4.69, 9.17) is 0 Å². The average molecular weight is 258 g/mol. The fourth-order valence-electron chi connectivity index (χ4n) is 2.81. The largest absolute Gasteiger partial charge is 0.358 e. The molecule has 0 saturated heterocycles. The van der Waals surface area contributed by atoms with Crippen LogP contribution in [0, 0.1) is 20.8 Å². The molecule has 104 valence electrons. The Morgan fingerprint density at radius 3 is 2.58 bits per heavy atom. The number of H-pyrrole nitrogens is 1. The Kier molecular flexibility index (Phi) is 4.31. The molecule has 0 spiro atoms. The summed E-state index contributed by atoms with van der Waals surface area (Å²) in [6.45, 7) is 12.1. The minimum atomic E-state index is 0.577. The van der Waals surface area contributed by atoms with Crippen molar-refractivity contribution in [3.05, 3.63) is 34.5 Å². The summed E-state index contributed by atoms with van der Waals surface area (Å²) in [5.41, 5.74) is 6.84. The van der Waals surface area contributed by atoms with E-state index < -0.39 is 0 Å². The Bertz CT molecular complexity index is 564. The van der Waals surface area contributed by atoms with Crippen molar-refractivity contribution in [3.8, 4) is 0 Å². The molecule has 2 nitrogen and oxygen atoms in total. The summed E-state index contributed by atoms with van der Waals surface area (Å²) in [6.07, 6.45) is 2.34. The van der Waals surface area contributed by atoms with E-state index >= 15 is 0 Å². The van der Waals surface area contributed by atoms with Gasteiger partial charge in [0.15, 0.2) is 0 Å². The van der Waals surface area contributed by atoms with Crippen molar-refractivity contribution in [1.82, 2.24) is 10.3 Å². The van der Waals surface area contributed by atoms with Gasteiger partial charge in [-0.25, -0.2) is 0 Å². The number of nitrogens with one attached hydrogen (secondary N) is 2. The molecule has 0 atom stereocenters. The molecule has 0 aliphatic heterocycles. The Hall–Kier alpha value is -1.28. The molecule has 0 bridgehead atoms. The first-order valence-electron chi connectivity index (χ1n) is 7.31. The fourth-order valence-corrected chi connectivity index (χ4v) is 2.81. The minimum absolute atomic E-state index is 0.577. The van der Waals surface area contributed by atoms with Crippen LogP contribution in [0.25, 0.3) is 10.9 Å². The molecule has 1 aromatic carbocycles. The van der Waals surface area contributed by atoms with Crippen molar-refractivity contribution < 1.29 is 0 Å². The molecule has 1 heterocycles. The van der Waals surface area contributed by atoms with Gasteiger partial charge in [-0.1, -0.05) is 25.5 Å². The summed E-state index contributed by atoms with van der Waals surface area (Å²) in [7, 11) is 0. The van der Waals surface area contributed by atoms with Gasteiger partial charge in [0.2, 0.25) is 0 Å². The minimum Gasteiger partial charge on any atom is -0.358 e. The SMILES string of the molecule is Cc1cc(C)c2[nH]c(C)c(CCCNC(C)C)c2c1. The third-order valence-electron chi connectivity index (χ3n) is 3.73. The summed E-state index contributed by atoms with van der Waals surface area (Å²) in [5.74, 6) is 0. The first-order chi connectivity index (χ1) is 8.99. The Morgan fingerprint density at radius 1 is 1.16 bits per heavy atom. The zero-order chi connectivity index (χ0) is 14.0. The molecule has 0 unspecified atom stereocenters. The number of rotatable bonds is 5. The van der Waals surface area contributed by atoms with Gasteiger partial charge in [-0.05, 0) is 57.4 Å². The van der Waals surface area contributed by atoms with Crippen LogP contribution in [0.2, 0.25) is 0 Å². The van der Waals surface area contributed by atoms with Gasteiger partial charge in [-0.15, -0.1) is 0 Å². The number of aromatic nitrogens is 1. The predicted molar refractivity (Wildman–Crippen MR) is 84.0 cm³/mol. The molecular formula is C17H26N2. The van der Waals surface area contributed by atoms with Crippen LogP contribution in [0.3, 0.4) is 0 Å². The average Bonchev–Trinajstić information content (AvgIpc) is 2.62. The Balaban J connectivity index is 2.20. The first-order valence-corrected chi connectivity index (χ1v) is 7.31. The number of benzene rings is 1. The third kappa shape index (κ3) is 3.19. The van der Waals surface area contributed by atoms with Crippen LogP contribution in [-0.4, -0.2) is 17.6 Å². The lowest BCUT2D eigenvalue weighted by Gasteiger charge is -2.08. The number of hydrogen-bond acceptors (Lipinski definition) is 1. The number of fused-ring (bicyclic) bond motifs is 1. The predicted octanol–water partition coefficient (Wildman–Crippen LogP) is 4.02. The highest BCUT2D eigenvalue weighted by atomic mass is 14.9.